The summed E-state index contributed by atoms with van der Waals surface area (Å²) in [5.41, 5.74) is 1.22. The van der Waals surface area contributed by atoms with Crippen LogP contribution in [-0.4, -0.2) is 20.7 Å². The highest BCUT2D eigenvalue weighted by molar-refractivity contribution is 5.41. The number of pyridine rings is 1. The van der Waals surface area contributed by atoms with Crippen LogP contribution >= 0.6 is 0 Å². The van der Waals surface area contributed by atoms with Crippen LogP contribution in [0, 0.1) is 0 Å². The molecular formula is C17H31ClN2O. The van der Waals surface area contributed by atoms with E-state index in [9.17, 15) is 0 Å². The first-order valence-electron chi connectivity index (χ1n) is 7.98. The largest absolute Gasteiger partial charge is 1.00 e. The zero-order valence-corrected chi connectivity index (χ0v) is 14.6. The van der Waals surface area contributed by atoms with E-state index >= 15 is 0 Å². The van der Waals surface area contributed by atoms with Crippen molar-refractivity contribution < 1.29 is 21.7 Å². The van der Waals surface area contributed by atoms with Crippen LogP contribution in [-0.2, 0) is 11.5 Å². The predicted octanol–water partition coefficient (Wildman–Crippen LogP) is 0.769. The number of anilines is 1. The Labute approximate surface area is 136 Å². The second-order valence-corrected chi connectivity index (χ2v) is 5.62. The van der Waals surface area contributed by atoms with Gasteiger partial charge in [0.25, 0.3) is 6.73 Å². The molecule has 0 aliphatic heterocycles. The Kier molecular flexibility index (Phi) is 12.4. The number of ether oxygens (including phenoxy) is 1. The standard InChI is InChI=1S/C17H31N2O.ClH/c1-4-5-6-7-8-9-10-15-20-16-19-13-11-17(12-14-19)18(2)3;/h11-14H,4-10,15-16H2,1-3H3;1H/q+1;/p-1. The summed E-state index contributed by atoms with van der Waals surface area (Å²) in [5, 5.41) is 0. The Morgan fingerprint density at radius 1 is 0.952 bits per heavy atom. The van der Waals surface area contributed by atoms with Gasteiger partial charge < -0.3 is 22.0 Å². The highest BCUT2D eigenvalue weighted by atomic mass is 35.5. The van der Waals surface area contributed by atoms with E-state index in [0.717, 1.165) is 6.61 Å². The van der Waals surface area contributed by atoms with Crippen molar-refractivity contribution in [3.63, 3.8) is 0 Å². The monoisotopic (exact) mass is 314 g/mol. The van der Waals surface area contributed by atoms with E-state index in [-0.39, 0.29) is 12.4 Å². The molecule has 1 heterocycles. The molecule has 0 spiro atoms. The van der Waals surface area contributed by atoms with Crippen LogP contribution in [0.4, 0.5) is 5.69 Å². The second-order valence-electron chi connectivity index (χ2n) is 5.62. The lowest BCUT2D eigenvalue weighted by atomic mass is 10.1. The zero-order valence-electron chi connectivity index (χ0n) is 13.9. The van der Waals surface area contributed by atoms with Gasteiger partial charge in [0.15, 0.2) is 12.4 Å². The summed E-state index contributed by atoms with van der Waals surface area (Å²) in [7, 11) is 4.10. The van der Waals surface area contributed by atoms with Gasteiger partial charge in [-0.05, 0) is 6.42 Å². The molecule has 4 heteroatoms. The summed E-state index contributed by atoms with van der Waals surface area (Å²) in [4.78, 5) is 2.10. The van der Waals surface area contributed by atoms with Crippen LogP contribution in [0.15, 0.2) is 24.5 Å². The first kappa shape index (κ1) is 20.2. The maximum absolute atomic E-state index is 5.70. The fraction of sp³-hybridized carbons (Fsp3) is 0.706. The highest BCUT2D eigenvalue weighted by Crippen LogP contribution is 2.07. The molecule has 0 fully saturated rings. The SMILES string of the molecule is CCCCCCCCCOC[n+]1ccc(N(C)C)cc1.[Cl-]. The van der Waals surface area contributed by atoms with Crippen molar-refractivity contribution in [2.45, 2.75) is 58.6 Å². The quantitative estimate of drug-likeness (QED) is 0.443. The van der Waals surface area contributed by atoms with Crippen molar-refractivity contribution in [2.24, 2.45) is 0 Å². The van der Waals surface area contributed by atoms with Gasteiger partial charge in [-0.3, -0.25) is 0 Å². The maximum Gasteiger partial charge on any atom is 0.252 e. The number of halogens is 1. The van der Waals surface area contributed by atoms with Crippen LogP contribution in [0.3, 0.4) is 0 Å². The normalized spacial score (nSPS) is 10.2. The lowest BCUT2D eigenvalue weighted by Crippen LogP contribution is -3.00. The molecule has 1 aromatic heterocycles. The number of hydrogen-bond acceptors (Lipinski definition) is 2. The van der Waals surface area contributed by atoms with Crippen LogP contribution in [0.5, 0.6) is 0 Å². The Bertz CT molecular complexity index is 341. The Morgan fingerprint density at radius 3 is 2.10 bits per heavy atom. The molecule has 0 radical (unpaired) electrons. The number of hydrogen-bond donors (Lipinski definition) is 0. The minimum Gasteiger partial charge on any atom is -1.00 e. The average Bonchev–Trinajstić information content (AvgIpc) is 2.46. The van der Waals surface area contributed by atoms with Crippen molar-refractivity contribution in [1.82, 2.24) is 0 Å². The van der Waals surface area contributed by atoms with Gasteiger partial charge in [-0.1, -0.05) is 45.4 Å². The van der Waals surface area contributed by atoms with E-state index in [2.05, 4.69) is 55.0 Å². The lowest BCUT2D eigenvalue weighted by molar-refractivity contribution is -0.732. The number of rotatable bonds is 11. The van der Waals surface area contributed by atoms with Gasteiger partial charge in [0, 0.05) is 31.9 Å². The van der Waals surface area contributed by atoms with Crippen LogP contribution in [0.25, 0.3) is 0 Å². The molecule has 0 saturated carbocycles. The molecule has 0 atom stereocenters. The summed E-state index contributed by atoms with van der Waals surface area (Å²) in [5.74, 6) is 0. The number of unbranched alkanes of at least 4 members (excludes halogenated alkanes) is 6. The van der Waals surface area contributed by atoms with Crippen molar-refractivity contribution in [3.05, 3.63) is 24.5 Å². The molecule has 122 valence electrons. The van der Waals surface area contributed by atoms with Crippen molar-refractivity contribution in [3.8, 4) is 0 Å². The van der Waals surface area contributed by atoms with Crippen LogP contribution in [0.2, 0.25) is 0 Å². The third kappa shape index (κ3) is 9.70. The fourth-order valence-corrected chi connectivity index (χ4v) is 2.16. The average molecular weight is 315 g/mol. The molecule has 0 amide bonds. The fourth-order valence-electron chi connectivity index (χ4n) is 2.16. The molecule has 1 aromatic rings. The molecule has 0 N–H and O–H groups in total. The van der Waals surface area contributed by atoms with Gasteiger partial charge in [-0.15, -0.1) is 0 Å². The molecular weight excluding hydrogens is 284 g/mol. The summed E-state index contributed by atoms with van der Waals surface area (Å²) < 4.78 is 7.77. The predicted molar refractivity (Wildman–Crippen MR) is 84.9 cm³/mol. The highest BCUT2D eigenvalue weighted by Gasteiger charge is 2.01. The molecule has 0 unspecified atom stereocenters. The van der Waals surface area contributed by atoms with Gasteiger partial charge >= 0.3 is 0 Å². The molecule has 0 aromatic carbocycles. The van der Waals surface area contributed by atoms with Gasteiger partial charge in [0.2, 0.25) is 0 Å². The molecule has 21 heavy (non-hydrogen) atoms. The first-order chi connectivity index (χ1) is 9.74. The minimum absolute atomic E-state index is 0. The maximum atomic E-state index is 5.70. The molecule has 1 rings (SSSR count). The van der Waals surface area contributed by atoms with E-state index in [1.807, 2.05) is 0 Å². The van der Waals surface area contributed by atoms with Gasteiger partial charge in [0.05, 0.1) is 6.61 Å². The number of aromatic nitrogens is 1. The van der Waals surface area contributed by atoms with Gasteiger partial charge in [0.1, 0.15) is 0 Å². The Balaban J connectivity index is 0.00000400. The number of nitrogens with zero attached hydrogens (tertiary/aromatic N) is 2. The van der Waals surface area contributed by atoms with Crippen LogP contribution < -0.4 is 21.9 Å². The van der Waals surface area contributed by atoms with E-state index in [0.29, 0.717) is 6.73 Å². The first-order valence-corrected chi connectivity index (χ1v) is 7.98. The molecule has 0 saturated heterocycles. The summed E-state index contributed by atoms with van der Waals surface area (Å²) in [6, 6.07) is 4.22. The topological polar surface area (TPSA) is 16.4 Å². The second kappa shape index (κ2) is 12.9. The van der Waals surface area contributed by atoms with Gasteiger partial charge in [-0.2, -0.15) is 4.57 Å². The van der Waals surface area contributed by atoms with E-state index < -0.39 is 0 Å². The van der Waals surface area contributed by atoms with Crippen molar-refractivity contribution in [2.75, 3.05) is 25.6 Å². The lowest BCUT2D eigenvalue weighted by Gasteiger charge is -2.10. The van der Waals surface area contributed by atoms with Crippen LogP contribution in [0.1, 0.15) is 51.9 Å². The van der Waals surface area contributed by atoms with Gasteiger partial charge in [-0.25, -0.2) is 0 Å². The molecule has 0 aliphatic carbocycles. The molecule has 0 aliphatic rings. The van der Waals surface area contributed by atoms with Crippen molar-refractivity contribution in [1.29, 1.82) is 0 Å². The van der Waals surface area contributed by atoms with Crippen molar-refractivity contribution >= 4 is 5.69 Å². The Morgan fingerprint density at radius 2 is 1.52 bits per heavy atom. The third-order valence-corrected chi connectivity index (χ3v) is 3.52. The Hall–Kier alpha value is -0.800. The smallest absolute Gasteiger partial charge is 0.252 e. The summed E-state index contributed by atoms with van der Waals surface area (Å²) in [6.45, 7) is 3.79. The van der Waals surface area contributed by atoms with E-state index in [1.165, 1.54) is 50.6 Å². The summed E-state index contributed by atoms with van der Waals surface area (Å²) >= 11 is 0. The summed E-state index contributed by atoms with van der Waals surface area (Å²) in [6.07, 6.45) is 13.5. The molecule has 3 nitrogen and oxygen atoms in total. The van der Waals surface area contributed by atoms with E-state index in [1.54, 1.807) is 0 Å². The minimum atomic E-state index is 0. The van der Waals surface area contributed by atoms with E-state index in [4.69, 9.17) is 4.74 Å². The zero-order chi connectivity index (χ0) is 14.6. The third-order valence-electron chi connectivity index (χ3n) is 3.52. The molecule has 0 bridgehead atoms.